The minimum Gasteiger partial charge on any atom is -0.386 e. The number of ether oxygens (including phenoxy) is 1. The van der Waals surface area contributed by atoms with Crippen LogP contribution >= 0.6 is 0 Å². The summed E-state index contributed by atoms with van der Waals surface area (Å²) in [6, 6.07) is 25.1. The van der Waals surface area contributed by atoms with Crippen LogP contribution in [0.25, 0.3) is 22.5 Å². The molecule has 1 heterocycles. The summed E-state index contributed by atoms with van der Waals surface area (Å²) in [5, 5.41) is 14.9. The lowest BCUT2D eigenvalue weighted by atomic mass is 9.93. The average molecular weight is 547 g/mol. The molecule has 3 aromatic carbocycles. The molecule has 0 bridgehead atoms. The highest BCUT2D eigenvalue weighted by Gasteiger charge is 2.52. The fourth-order valence-corrected chi connectivity index (χ4v) is 5.29. The van der Waals surface area contributed by atoms with E-state index in [1.165, 1.54) is 0 Å². The number of rotatable bonds is 10. The largest absolute Gasteiger partial charge is 0.386 e. The number of amides is 1. The zero-order valence-electron chi connectivity index (χ0n) is 21.8. The molecule has 1 atom stereocenters. The molecule has 5 rings (SSSR count). The first-order chi connectivity index (χ1) is 18.7. The van der Waals surface area contributed by atoms with Gasteiger partial charge in [0.15, 0.2) is 5.76 Å². The van der Waals surface area contributed by atoms with Crippen molar-refractivity contribution in [3.8, 4) is 22.5 Å². The lowest BCUT2D eigenvalue weighted by molar-refractivity contribution is -0.121. The molecule has 9 heteroatoms. The Balaban J connectivity index is 1.28. The van der Waals surface area contributed by atoms with E-state index < -0.39 is 27.4 Å². The summed E-state index contributed by atoms with van der Waals surface area (Å²) in [4.78, 5) is 12.5. The Labute approximate surface area is 227 Å². The number of sulfonamides is 1. The first kappa shape index (κ1) is 26.8. The molecule has 1 saturated carbocycles. The molecule has 1 amide bonds. The lowest BCUT2D eigenvalue weighted by Crippen LogP contribution is -2.38. The van der Waals surface area contributed by atoms with Crippen LogP contribution in [0, 0.1) is 6.92 Å². The van der Waals surface area contributed by atoms with E-state index in [1.54, 1.807) is 6.92 Å². The summed E-state index contributed by atoms with van der Waals surface area (Å²) in [7, 11) is -3.61. The van der Waals surface area contributed by atoms with E-state index in [4.69, 9.17) is 9.26 Å². The number of hydrogen-bond acceptors (Lipinski definition) is 7. The van der Waals surface area contributed by atoms with Gasteiger partial charge in [0.1, 0.15) is 6.10 Å². The van der Waals surface area contributed by atoms with Gasteiger partial charge < -0.3 is 14.4 Å². The van der Waals surface area contributed by atoms with Gasteiger partial charge in [0.05, 0.1) is 36.1 Å². The summed E-state index contributed by atoms with van der Waals surface area (Å²) in [6.45, 7) is 2.30. The Morgan fingerprint density at radius 3 is 2.18 bits per heavy atom. The minimum atomic E-state index is -3.61. The van der Waals surface area contributed by atoms with E-state index in [0.29, 0.717) is 36.5 Å². The second-order valence-corrected chi connectivity index (χ2v) is 11.7. The first-order valence-corrected chi connectivity index (χ1v) is 14.5. The van der Waals surface area contributed by atoms with E-state index in [-0.39, 0.29) is 6.61 Å². The Bertz CT molecular complexity index is 1560. The van der Waals surface area contributed by atoms with Gasteiger partial charge in [-0.2, -0.15) is 0 Å². The van der Waals surface area contributed by atoms with Gasteiger partial charge in [0.25, 0.3) is 0 Å². The number of benzene rings is 3. The molecule has 0 aliphatic heterocycles. The molecule has 0 spiro atoms. The molecule has 0 unspecified atom stereocenters. The summed E-state index contributed by atoms with van der Waals surface area (Å²) in [6.07, 6.45) is 1.32. The van der Waals surface area contributed by atoms with E-state index in [9.17, 15) is 18.3 Å². The van der Waals surface area contributed by atoms with Crippen LogP contribution in [-0.2, 0) is 31.6 Å². The van der Waals surface area contributed by atoms with Gasteiger partial charge in [-0.15, -0.1) is 0 Å². The summed E-state index contributed by atoms with van der Waals surface area (Å²) in [5.41, 5.74) is 4.94. The van der Waals surface area contributed by atoms with Crippen LogP contribution in [0.2, 0.25) is 0 Å². The number of nitrogens with one attached hydrogen (secondary N) is 1. The van der Waals surface area contributed by atoms with Crippen LogP contribution in [0.5, 0.6) is 0 Å². The van der Waals surface area contributed by atoms with Crippen LogP contribution in [-0.4, -0.2) is 37.5 Å². The number of carbonyl (C=O) groups is 1. The van der Waals surface area contributed by atoms with Crippen LogP contribution in [0.1, 0.15) is 41.3 Å². The van der Waals surface area contributed by atoms with E-state index in [1.807, 2.05) is 78.9 Å². The standard InChI is InChI=1S/C30H30N2O6S/c1-20-27(26(33)19-37-18-21-6-4-3-5-7-21)28(38-31-20)24-10-8-22(9-11-24)23-12-14-25(15-13-23)30(16-17-30)29(34)32-39(2,35)36/h3-15,26,33H,16-19H2,1-2H3,(H,32,34)/t26-/m0/s1. The topological polar surface area (TPSA) is 119 Å². The van der Waals surface area contributed by atoms with Crippen molar-refractivity contribution in [2.24, 2.45) is 0 Å². The Hall–Kier alpha value is -3.79. The zero-order valence-corrected chi connectivity index (χ0v) is 22.6. The zero-order chi connectivity index (χ0) is 27.6. The third kappa shape index (κ3) is 5.95. The Morgan fingerprint density at radius 2 is 1.59 bits per heavy atom. The van der Waals surface area contributed by atoms with Crippen molar-refractivity contribution in [1.29, 1.82) is 0 Å². The molecule has 0 radical (unpaired) electrons. The monoisotopic (exact) mass is 546 g/mol. The number of aromatic nitrogens is 1. The molecule has 8 nitrogen and oxygen atoms in total. The molecule has 1 aliphatic carbocycles. The molecule has 4 aromatic rings. The minimum absolute atomic E-state index is 0.109. The third-order valence-corrected chi connectivity index (χ3v) is 7.57. The summed E-state index contributed by atoms with van der Waals surface area (Å²) >= 11 is 0. The normalized spacial score (nSPS) is 15.1. The van der Waals surface area contributed by atoms with Gasteiger partial charge in [0.2, 0.25) is 15.9 Å². The number of hydrogen-bond donors (Lipinski definition) is 2. The maximum atomic E-state index is 12.5. The van der Waals surface area contributed by atoms with Gasteiger partial charge in [-0.25, -0.2) is 8.42 Å². The van der Waals surface area contributed by atoms with Crippen molar-refractivity contribution in [3.63, 3.8) is 0 Å². The Morgan fingerprint density at radius 1 is 1.00 bits per heavy atom. The van der Waals surface area contributed by atoms with Gasteiger partial charge in [-0.1, -0.05) is 84.0 Å². The summed E-state index contributed by atoms with van der Waals surface area (Å²) < 4.78 is 36.5. The number of aryl methyl sites for hydroxylation is 1. The molecule has 1 aromatic heterocycles. The van der Waals surface area contributed by atoms with Gasteiger partial charge >= 0.3 is 0 Å². The van der Waals surface area contributed by atoms with Crippen molar-refractivity contribution < 1.29 is 27.6 Å². The predicted octanol–water partition coefficient (Wildman–Crippen LogP) is 4.67. The van der Waals surface area contributed by atoms with Gasteiger partial charge in [-0.05, 0) is 42.0 Å². The highest BCUT2D eigenvalue weighted by molar-refractivity contribution is 7.89. The van der Waals surface area contributed by atoms with Crippen molar-refractivity contribution in [3.05, 3.63) is 101 Å². The predicted molar refractivity (Wildman–Crippen MR) is 147 cm³/mol. The maximum Gasteiger partial charge on any atom is 0.244 e. The number of aliphatic hydroxyl groups excluding tert-OH is 1. The van der Waals surface area contributed by atoms with Crippen molar-refractivity contribution in [2.75, 3.05) is 12.9 Å². The molecule has 1 fully saturated rings. The van der Waals surface area contributed by atoms with Crippen molar-refractivity contribution in [1.82, 2.24) is 9.88 Å². The second-order valence-electron chi connectivity index (χ2n) is 9.97. The maximum absolute atomic E-state index is 12.5. The fourth-order valence-electron chi connectivity index (χ4n) is 4.76. The molecule has 0 saturated heterocycles. The molecular formula is C30H30N2O6S. The van der Waals surface area contributed by atoms with E-state index in [0.717, 1.165) is 34.1 Å². The molecule has 2 N–H and O–H groups in total. The van der Waals surface area contributed by atoms with Gasteiger partial charge in [-0.3, -0.25) is 9.52 Å². The lowest BCUT2D eigenvalue weighted by Gasteiger charge is -2.15. The fraction of sp³-hybridized carbons (Fsp3) is 0.267. The first-order valence-electron chi connectivity index (χ1n) is 12.7. The quantitative estimate of drug-likeness (QED) is 0.297. The molecular weight excluding hydrogens is 516 g/mol. The highest BCUT2D eigenvalue weighted by atomic mass is 32.2. The molecule has 1 aliphatic rings. The van der Waals surface area contributed by atoms with Crippen LogP contribution in [0.3, 0.4) is 0 Å². The number of nitrogens with zero attached hydrogens (tertiary/aromatic N) is 1. The van der Waals surface area contributed by atoms with Crippen LogP contribution in [0.4, 0.5) is 0 Å². The number of carbonyl (C=O) groups excluding carboxylic acids is 1. The van der Waals surface area contributed by atoms with Crippen molar-refractivity contribution >= 4 is 15.9 Å². The van der Waals surface area contributed by atoms with Crippen LogP contribution in [0.15, 0.2) is 83.4 Å². The molecule has 202 valence electrons. The van der Waals surface area contributed by atoms with Gasteiger partial charge in [0, 0.05) is 5.56 Å². The summed E-state index contributed by atoms with van der Waals surface area (Å²) in [5.74, 6) is 0.0192. The van der Waals surface area contributed by atoms with E-state index >= 15 is 0 Å². The number of aliphatic hydroxyl groups is 1. The van der Waals surface area contributed by atoms with Crippen molar-refractivity contribution in [2.45, 2.75) is 37.9 Å². The average Bonchev–Trinajstić information content (AvgIpc) is 3.65. The Kier molecular flexibility index (Phi) is 7.40. The highest BCUT2D eigenvalue weighted by Crippen LogP contribution is 2.48. The third-order valence-electron chi connectivity index (χ3n) is 7.01. The van der Waals surface area contributed by atoms with Crippen LogP contribution < -0.4 is 4.72 Å². The second kappa shape index (κ2) is 10.8. The smallest absolute Gasteiger partial charge is 0.244 e. The van der Waals surface area contributed by atoms with E-state index in [2.05, 4.69) is 9.88 Å². The molecule has 39 heavy (non-hydrogen) atoms. The SMILES string of the molecule is Cc1noc(-c2ccc(-c3ccc(C4(C(=O)NS(C)(=O)=O)CC4)cc3)cc2)c1[C@@H](O)COCc1ccccc1.